The maximum atomic E-state index is 12.0. The number of anilines is 1. The minimum Gasteiger partial charge on any atom is -0.347 e. The fraction of sp³-hybridized carbons (Fsp3) is 0.700. The first-order chi connectivity index (χ1) is 7.28. The number of nitrogens with zero attached hydrogens (tertiary/aromatic N) is 2. The van der Waals surface area contributed by atoms with Gasteiger partial charge in [-0.25, -0.2) is 4.98 Å². The van der Waals surface area contributed by atoms with Crippen molar-refractivity contribution in [2.45, 2.75) is 33.5 Å². The van der Waals surface area contributed by atoms with E-state index >= 15 is 0 Å². The van der Waals surface area contributed by atoms with Gasteiger partial charge in [0.25, 0.3) is 0 Å². The number of rotatable bonds is 4. The number of alkyl halides is 3. The van der Waals surface area contributed by atoms with Crippen LogP contribution < -0.4 is 5.32 Å². The molecule has 0 saturated carbocycles. The Hall–Kier alpha value is -1.20. The minimum absolute atomic E-state index is 0.281. The summed E-state index contributed by atoms with van der Waals surface area (Å²) >= 11 is 0. The molecule has 0 aromatic carbocycles. The third-order valence-electron chi connectivity index (χ3n) is 1.91. The maximum absolute atomic E-state index is 12.0. The van der Waals surface area contributed by atoms with Gasteiger partial charge in [-0.05, 0) is 12.8 Å². The van der Waals surface area contributed by atoms with E-state index in [2.05, 4.69) is 10.3 Å². The van der Waals surface area contributed by atoms with Crippen molar-refractivity contribution >= 4 is 5.95 Å². The van der Waals surface area contributed by atoms with Crippen LogP contribution in [0.15, 0.2) is 6.20 Å². The Bertz CT molecular complexity index is 342. The van der Waals surface area contributed by atoms with Crippen LogP contribution in [0.2, 0.25) is 0 Å². The van der Waals surface area contributed by atoms with Gasteiger partial charge in [0.1, 0.15) is 6.54 Å². The van der Waals surface area contributed by atoms with Gasteiger partial charge in [0.2, 0.25) is 5.95 Å². The summed E-state index contributed by atoms with van der Waals surface area (Å²) in [6.07, 6.45) is -2.47. The average molecular weight is 235 g/mol. The summed E-state index contributed by atoms with van der Waals surface area (Å²) in [4.78, 5) is 4.02. The first-order valence-electron chi connectivity index (χ1n) is 5.12. The van der Waals surface area contributed by atoms with Gasteiger partial charge >= 0.3 is 6.18 Å². The lowest BCUT2D eigenvalue weighted by molar-refractivity contribution is -0.115. The van der Waals surface area contributed by atoms with Crippen LogP contribution in [0.5, 0.6) is 0 Å². The predicted octanol–water partition coefficient (Wildman–Crippen LogP) is 2.82. The summed E-state index contributed by atoms with van der Waals surface area (Å²) in [6.45, 7) is 5.36. The number of aryl methyl sites for hydroxylation is 1. The molecule has 0 aliphatic heterocycles. The molecule has 0 aliphatic carbocycles. The monoisotopic (exact) mass is 235 g/mol. The third kappa shape index (κ3) is 4.12. The fourth-order valence-corrected chi connectivity index (χ4v) is 1.40. The van der Waals surface area contributed by atoms with E-state index in [1.54, 1.807) is 17.7 Å². The second kappa shape index (κ2) is 4.76. The van der Waals surface area contributed by atoms with Gasteiger partial charge in [-0.2, -0.15) is 13.2 Å². The molecule has 92 valence electrons. The smallest absolute Gasteiger partial charge is 0.347 e. The van der Waals surface area contributed by atoms with E-state index in [4.69, 9.17) is 0 Å². The van der Waals surface area contributed by atoms with E-state index in [-0.39, 0.29) is 5.95 Å². The Kier molecular flexibility index (Phi) is 3.83. The highest BCUT2D eigenvalue weighted by Gasteiger charge is 2.27. The molecule has 6 heteroatoms. The summed E-state index contributed by atoms with van der Waals surface area (Å²) in [6, 6.07) is 0. The molecule has 0 unspecified atom stereocenters. The van der Waals surface area contributed by atoms with Crippen molar-refractivity contribution in [1.29, 1.82) is 0 Å². The molecule has 0 fully saturated rings. The van der Waals surface area contributed by atoms with Gasteiger partial charge in [-0.15, -0.1) is 0 Å². The van der Waals surface area contributed by atoms with Crippen LogP contribution in [0.4, 0.5) is 19.1 Å². The molecule has 0 saturated heterocycles. The highest BCUT2D eigenvalue weighted by molar-refractivity contribution is 5.29. The zero-order valence-corrected chi connectivity index (χ0v) is 9.60. The molecular formula is C10H16F3N3. The molecule has 3 nitrogen and oxygen atoms in total. The predicted molar refractivity (Wildman–Crippen MR) is 56.3 cm³/mol. The molecule has 0 atom stereocenters. The normalized spacial score (nSPS) is 12.2. The van der Waals surface area contributed by atoms with E-state index < -0.39 is 12.7 Å². The minimum atomic E-state index is -4.22. The van der Waals surface area contributed by atoms with E-state index in [1.807, 2.05) is 13.8 Å². The number of hydrogen-bond donors (Lipinski definition) is 1. The molecular weight excluding hydrogens is 219 g/mol. The van der Waals surface area contributed by atoms with Crippen LogP contribution in [0.25, 0.3) is 0 Å². The molecule has 0 amide bonds. The molecule has 1 N–H and O–H groups in total. The second-order valence-corrected chi connectivity index (χ2v) is 4.22. The summed E-state index contributed by atoms with van der Waals surface area (Å²) in [5.74, 6) is 0.642. The Morgan fingerprint density at radius 1 is 1.44 bits per heavy atom. The van der Waals surface area contributed by atoms with Gasteiger partial charge in [-0.1, -0.05) is 13.8 Å². The van der Waals surface area contributed by atoms with E-state index in [0.717, 1.165) is 0 Å². The number of aromatic nitrogens is 2. The third-order valence-corrected chi connectivity index (χ3v) is 1.91. The number of imidazole rings is 1. The average Bonchev–Trinajstić information content (AvgIpc) is 2.40. The summed E-state index contributed by atoms with van der Waals surface area (Å²) in [5, 5.41) is 2.31. The second-order valence-electron chi connectivity index (χ2n) is 4.22. The van der Waals surface area contributed by atoms with Gasteiger partial charge in [0.15, 0.2) is 0 Å². The first kappa shape index (κ1) is 12.9. The Labute approximate surface area is 92.7 Å². The topological polar surface area (TPSA) is 29.9 Å². The van der Waals surface area contributed by atoms with Crippen LogP contribution in [-0.2, 0) is 6.54 Å². The van der Waals surface area contributed by atoms with E-state index in [1.165, 1.54) is 0 Å². The molecule has 0 spiro atoms. The standard InChI is InChI=1S/C10H16F3N3/c1-7(2)4-16-5-8(3)15-9(16)14-6-10(11,12)13/h5,7H,4,6H2,1-3H3,(H,14,15). The highest BCUT2D eigenvalue weighted by Crippen LogP contribution is 2.17. The van der Waals surface area contributed by atoms with Crippen molar-refractivity contribution in [1.82, 2.24) is 9.55 Å². The Morgan fingerprint density at radius 2 is 2.06 bits per heavy atom. The Balaban J connectivity index is 2.71. The van der Waals surface area contributed by atoms with Crippen molar-refractivity contribution in [2.75, 3.05) is 11.9 Å². The molecule has 1 heterocycles. The maximum Gasteiger partial charge on any atom is 0.405 e. The van der Waals surface area contributed by atoms with Crippen LogP contribution in [0.1, 0.15) is 19.5 Å². The molecule has 1 rings (SSSR count). The van der Waals surface area contributed by atoms with Crippen LogP contribution in [-0.4, -0.2) is 22.3 Å². The molecule has 1 aromatic rings. The van der Waals surface area contributed by atoms with Crippen LogP contribution in [0.3, 0.4) is 0 Å². The SMILES string of the molecule is Cc1cn(CC(C)C)c(NCC(F)(F)F)n1. The first-order valence-corrected chi connectivity index (χ1v) is 5.12. The lowest BCUT2D eigenvalue weighted by Gasteiger charge is -2.12. The summed E-state index contributed by atoms with van der Waals surface area (Å²) in [7, 11) is 0. The molecule has 16 heavy (non-hydrogen) atoms. The van der Waals surface area contributed by atoms with E-state index in [9.17, 15) is 13.2 Å². The zero-order valence-electron chi connectivity index (χ0n) is 9.60. The number of nitrogens with one attached hydrogen (secondary N) is 1. The van der Waals surface area contributed by atoms with Gasteiger partial charge in [-0.3, -0.25) is 0 Å². The molecule has 0 bridgehead atoms. The lowest BCUT2D eigenvalue weighted by Crippen LogP contribution is -2.23. The van der Waals surface area contributed by atoms with Crippen molar-refractivity contribution in [3.05, 3.63) is 11.9 Å². The molecule has 0 radical (unpaired) electrons. The number of hydrogen-bond acceptors (Lipinski definition) is 2. The lowest BCUT2D eigenvalue weighted by atomic mass is 10.2. The van der Waals surface area contributed by atoms with E-state index in [0.29, 0.717) is 18.2 Å². The van der Waals surface area contributed by atoms with Gasteiger partial charge in [0.05, 0.1) is 5.69 Å². The van der Waals surface area contributed by atoms with Crippen LogP contribution >= 0.6 is 0 Å². The number of halogens is 3. The molecule has 0 aliphatic rings. The molecule has 1 aromatic heterocycles. The quantitative estimate of drug-likeness (QED) is 0.869. The zero-order chi connectivity index (χ0) is 12.3. The summed E-state index contributed by atoms with van der Waals surface area (Å²) < 4.78 is 37.8. The summed E-state index contributed by atoms with van der Waals surface area (Å²) in [5.41, 5.74) is 0.713. The highest BCUT2D eigenvalue weighted by atomic mass is 19.4. The van der Waals surface area contributed by atoms with Gasteiger partial charge in [0, 0.05) is 12.7 Å². The Morgan fingerprint density at radius 3 is 2.56 bits per heavy atom. The van der Waals surface area contributed by atoms with Crippen molar-refractivity contribution in [3.8, 4) is 0 Å². The van der Waals surface area contributed by atoms with Gasteiger partial charge < -0.3 is 9.88 Å². The van der Waals surface area contributed by atoms with Crippen molar-refractivity contribution < 1.29 is 13.2 Å². The largest absolute Gasteiger partial charge is 0.405 e. The van der Waals surface area contributed by atoms with Crippen LogP contribution in [0, 0.1) is 12.8 Å². The van der Waals surface area contributed by atoms with Crippen molar-refractivity contribution in [3.63, 3.8) is 0 Å². The fourth-order valence-electron chi connectivity index (χ4n) is 1.40. The van der Waals surface area contributed by atoms with Crippen molar-refractivity contribution in [2.24, 2.45) is 5.92 Å².